The van der Waals surface area contributed by atoms with Crippen molar-refractivity contribution in [3.05, 3.63) is 12.7 Å². The molecule has 1 aliphatic heterocycles. The normalized spacial score (nSPS) is 23.9. The second kappa shape index (κ2) is 7.08. The van der Waals surface area contributed by atoms with E-state index in [0.29, 0.717) is 12.1 Å². The summed E-state index contributed by atoms with van der Waals surface area (Å²) in [7, 11) is 0. The Labute approximate surface area is 101 Å². The van der Waals surface area contributed by atoms with Crippen LogP contribution >= 0.6 is 0 Å². The van der Waals surface area contributed by atoms with Gasteiger partial charge in [-0.25, -0.2) is 0 Å². The van der Waals surface area contributed by atoms with Gasteiger partial charge in [0.15, 0.2) is 0 Å². The van der Waals surface area contributed by atoms with Crippen molar-refractivity contribution >= 4 is 0 Å². The molecule has 0 aromatic rings. The Bertz CT molecular complexity index is 201. The molecule has 0 aromatic carbocycles. The van der Waals surface area contributed by atoms with Gasteiger partial charge < -0.3 is 10.2 Å². The van der Waals surface area contributed by atoms with Crippen LogP contribution in [0.4, 0.5) is 0 Å². The molecule has 2 heteroatoms. The zero-order valence-electron chi connectivity index (χ0n) is 11.2. The van der Waals surface area contributed by atoms with Crippen LogP contribution in [0.25, 0.3) is 0 Å². The number of nitrogens with one attached hydrogen (secondary N) is 1. The van der Waals surface area contributed by atoms with E-state index in [-0.39, 0.29) is 0 Å². The maximum Gasteiger partial charge on any atom is 0.00417 e. The van der Waals surface area contributed by atoms with Crippen LogP contribution in [-0.4, -0.2) is 36.6 Å². The second-order valence-electron chi connectivity index (χ2n) is 5.42. The van der Waals surface area contributed by atoms with Crippen molar-refractivity contribution in [1.82, 2.24) is 10.2 Å². The van der Waals surface area contributed by atoms with Crippen LogP contribution in [0.15, 0.2) is 12.7 Å². The van der Waals surface area contributed by atoms with Crippen molar-refractivity contribution in [2.24, 2.45) is 5.92 Å². The lowest BCUT2D eigenvalue weighted by molar-refractivity contribution is 0.262. The minimum Gasteiger partial charge on any atom is -0.314 e. The van der Waals surface area contributed by atoms with Gasteiger partial charge in [-0.15, -0.1) is 6.58 Å². The topological polar surface area (TPSA) is 15.3 Å². The maximum atomic E-state index is 3.77. The van der Waals surface area contributed by atoms with E-state index in [1.54, 1.807) is 0 Å². The molecule has 0 radical (unpaired) electrons. The summed E-state index contributed by atoms with van der Waals surface area (Å²) in [6.07, 6.45) is 5.70. The predicted octanol–water partition coefficient (Wildman–Crippen LogP) is 2.66. The van der Waals surface area contributed by atoms with Gasteiger partial charge in [0.05, 0.1) is 0 Å². The summed E-state index contributed by atoms with van der Waals surface area (Å²) in [4.78, 5) is 2.58. The minimum atomic E-state index is 0.631. The smallest absolute Gasteiger partial charge is 0.00417 e. The Morgan fingerprint density at radius 3 is 2.75 bits per heavy atom. The quantitative estimate of drug-likeness (QED) is 0.669. The largest absolute Gasteiger partial charge is 0.314 e. The molecule has 0 aromatic heterocycles. The first-order valence-electron chi connectivity index (χ1n) is 6.71. The third-order valence-corrected chi connectivity index (χ3v) is 3.61. The molecular formula is C14H28N2. The highest BCUT2D eigenvalue weighted by Crippen LogP contribution is 2.17. The van der Waals surface area contributed by atoms with Gasteiger partial charge >= 0.3 is 0 Å². The Morgan fingerprint density at radius 1 is 1.44 bits per heavy atom. The van der Waals surface area contributed by atoms with Crippen LogP contribution in [-0.2, 0) is 0 Å². The standard InChI is InChI=1S/C14H28N2/c1-5-6-7-13(4)15-10-14-8-9-16(11-14)12(2)3/h5,12-15H,1,6-11H2,2-4H3. The van der Waals surface area contributed by atoms with Crippen LogP contribution in [0.5, 0.6) is 0 Å². The van der Waals surface area contributed by atoms with Crippen molar-refractivity contribution < 1.29 is 0 Å². The molecule has 94 valence electrons. The Kier molecular flexibility index (Phi) is 6.07. The molecule has 2 atom stereocenters. The molecule has 1 rings (SSSR count). The van der Waals surface area contributed by atoms with Gasteiger partial charge in [0.2, 0.25) is 0 Å². The summed E-state index contributed by atoms with van der Waals surface area (Å²) in [6, 6.07) is 1.34. The molecule has 1 heterocycles. The Balaban J connectivity index is 2.12. The van der Waals surface area contributed by atoms with Gasteiger partial charge in [-0.2, -0.15) is 0 Å². The molecule has 1 fully saturated rings. The van der Waals surface area contributed by atoms with Crippen LogP contribution in [0, 0.1) is 5.92 Å². The van der Waals surface area contributed by atoms with Gasteiger partial charge in [0.1, 0.15) is 0 Å². The summed E-state index contributed by atoms with van der Waals surface area (Å²) in [5.41, 5.74) is 0. The predicted molar refractivity (Wildman–Crippen MR) is 71.7 cm³/mol. The molecule has 1 saturated heterocycles. The minimum absolute atomic E-state index is 0.631. The van der Waals surface area contributed by atoms with E-state index in [2.05, 4.69) is 37.6 Å². The molecule has 1 N–H and O–H groups in total. The van der Waals surface area contributed by atoms with Crippen molar-refractivity contribution in [3.63, 3.8) is 0 Å². The number of likely N-dealkylation sites (tertiary alicyclic amines) is 1. The Morgan fingerprint density at radius 2 is 2.19 bits per heavy atom. The Hall–Kier alpha value is -0.340. The van der Waals surface area contributed by atoms with Crippen LogP contribution in [0.2, 0.25) is 0 Å². The first-order chi connectivity index (χ1) is 7.63. The highest BCUT2D eigenvalue weighted by molar-refractivity contribution is 4.80. The van der Waals surface area contributed by atoms with Crippen LogP contribution < -0.4 is 5.32 Å². The molecule has 0 aliphatic carbocycles. The fourth-order valence-electron chi connectivity index (χ4n) is 2.34. The summed E-state index contributed by atoms with van der Waals surface area (Å²) in [5.74, 6) is 0.855. The third kappa shape index (κ3) is 4.67. The average Bonchev–Trinajstić information content (AvgIpc) is 2.72. The fourth-order valence-corrected chi connectivity index (χ4v) is 2.34. The van der Waals surface area contributed by atoms with E-state index in [9.17, 15) is 0 Å². The maximum absolute atomic E-state index is 3.77. The second-order valence-corrected chi connectivity index (χ2v) is 5.42. The molecule has 16 heavy (non-hydrogen) atoms. The number of allylic oxidation sites excluding steroid dienone is 1. The van der Waals surface area contributed by atoms with Crippen LogP contribution in [0.1, 0.15) is 40.0 Å². The van der Waals surface area contributed by atoms with Crippen molar-refractivity contribution in [3.8, 4) is 0 Å². The van der Waals surface area contributed by atoms with Gasteiger partial charge in [0, 0.05) is 18.6 Å². The first-order valence-corrected chi connectivity index (χ1v) is 6.71. The monoisotopic (exact) mass is 224 g/mol. The zero-order valence-corrected chi connectivity index (χ0v) is 11.2. The first kappa shape index (κ1) is 13.7. The molecular weight excluding hydrogens is 196 g/mol. The lowest BCUT2D eigenvalue weighted by Gasteiger charge is -2.21. The van der Waals surface area contributed by atoms with Crippen molar-refractivity contribution in [2.75, 3.05) is 19.6 Å². The number of hydrogen-bond donors (Lipinski definition) is 1. The lowest BCUT2D eigenvalue weighted by atomic mass is 10.1. The highest BCUT2D eigenvalue weighted by Gasteiger charge is 2.23. The van der Waals surface area contributed by atoms with Gasteiger partial charge in [-0.3, -0.25) is 0 Å². The van der Waals surface area contributed by atoms with E-state index in [0.717, 1.165) is 12.3 Å². The van der Waals surface area contributed by atoms with Gasteiger partial charge in [-0.1, -0.05) is 6.08 Å². The van der Waals surface area contributed by atoms with Crippen LogP contribution in [0.3, 0.4) is 0 Å². The molecule has 1 aliphatic rings. The molecule has 2 unspecified atom stereocenters. The van der Waals surface area contributed by atoms with Crippen molar-refractivity contribution in [1.29, 1.82) is 0 Å². The molecule has 0 bridgehead atoms. The lowest BCUT2D eigenvalue weighted by Crippen LogP contribution is -2.34. The van der Waals surface area contributed by atoms with E-state index in [4.69, 9.17) is 0 Å². The van der Waals surface area contributed by atoms with Gasteiger partial charge in [-0.05, 0) is 59.0 Å². The SMILES string of the molecule is C=CCCC(C)NCC1CCN(C(C)C)C1. The fraction of sp³-hybridized carbons (Fsp3) is 0.857. The summed E-state index contributed by atoms with van der Waals surface area (Å²) < 4.78 is 0. The van der Waals surface area contributed by atoms with Crippen molar-refractivity contribution in [2.45, 2.75) is 52.1 Å². The van der Waals surface area contributed by atoms with E-state index in [1.165, 1.54) is 32.5 Å². The van der Waals surface area contributed by atoms with E-state index >= 15 is 0 Å². The van der Waals surface area contributed by atoms with Gasteiger partial charge in [0.25, 0.3) is 0 Å². The molecule has 2 nitrogen and oxygen atoms in total. The molecule has 0 spiro atoms. The number of hydrogen-bond acceptors (Lipinski definition) is 2. The molecule has 0 saturated carbocycles. The van der Waals surface area contributed by atoms with E-state index in [1.807, 2.05) is 6.08 Å². The molecule has 0 amide bonds. The average molecular weight is 224 g/mol. The third-order valence-electron chi connectivity index (χ3n) is 3.61. The summed E-state index contributed by atoms with van der Waals surface area (Å²) >= 11 is 0. The summed E-state index contributed by atoms with van der Waals surface area (Å²) in [6.45, 7) is 14.4. The number of nitrogens with zero attached hydrogens (tertiary/aromatic N) is 1. The zero-order chi connectivity index (χ0) is 12.0. The highest BCUT2D eigenvalue weighted by atomic mass is 15.2. The number of rotatable bonds is 7. The van der Waals surface area contributed by atoms with E-state index < -0.39 is 0 Å². The summed E-state index contributed by atoms with van der Waals surface area (Å²) in [5, 5.41) is 3.64.